The number of rotatable bonds is 4. The number of aromatic carboxylic acids is 1. The largest absolute Gasteiger partial charge is 0.505 e. The molecule has 104 valence electrons. The SMILES string of the molecule is O=C(O)c1cc(NCc2ccc(O)c(F)c2)ccc1Cl. The van der Waals surface area contributed by atoms with E-state index in [9.17, 15) is 9.18 Å². The molecule has 2 aromatic carbocycles. The van der Waals surface area contributed by atoms with Gasteiger partial charge in [-0.3, -0.25) is 0 Å². The molecule has 6 heteroatoms. The molecular formula is C14H11ClFNO3. The zero-order valence-corrected chi connectivity index (χ0v) is 11.0. The highest BCUT2D eigenvalue weighted by atomic mass is 35.5. The highest BCUT2D eigenvalue weighted by molar-refractivity contribution is 6.33. The third-order valence-corrected chi connectivity index (χ3v) is 3.04. The van der Waals surface area contributed by atoms with Gasteiger partial charge in [-0.25, -0.2) is 9.18 Å². The summed E-state index contributed by atoms with van der Waals surface area (Å²) in [6.07, 6.45) is 0. The first-order valence-corrected chi connectivity index (χ1v) is 6.09. The van der Waals surface area contributed by atoms with Crippen molar-refractivity contribution in [3.8, 4) is 5.75 Å². The van der Waals surface area contributed by atoms with Crippen LogP contribution in [0.1, 0.15) is 15.9 Å². The van der Waals surface area contributed by atoms with Crippen LogP contribution in [0.5, 0.6) is 5.75 Å². The van der Waals surface area contributed by atoms with Crippen LogP contribution in [0.25, 0.3) is 0 Å². The van der Waals surface area contributed by atoms with Gasteiger partial charge in [0, 0.05) is 12.2 Å². The van der Waals surface area contributed by atoms with Crippen molar-refractivity contribution in [3.63, 3.8) is 0 Å². The van der Waals surface area contributed by atoms with Gasteiger partial charge in [-0.2, -0.15) is 0 Å². The number of halogens is 2. The van der Waals surface area contributed by atoms with Crippen molar-refractivity contribution in [2.45, 2.75) is 6.54 Å². The van der Waals surface area contributed by atoms with E-state index in [0.29, 0.717) is 11.3 Å². The number of anilines is 1. The molecule has 0 aromatic heterocycles. The topological polar surface area (TPSA) is 69.6 Å². The summed E-state index contributed by atoms with van der Waals surface area (Å²) < 4.78 is 13.2. The second-order valence-corrected chi connectivity index (χ2v) is 4.55. The van der Waals surface area contributed by atoms with Gasteiger partial charge in [0.25, 0.3) is 0 Å². The summed E-state index contributed by atoms with van der Waals surface area (Å²) in [6.45, 7) is 0.290. The summed E-state index contributed by atoms with van der Waals surface area (Å²) >= 11 is 5.76. The van der Waals surface area contributed by atoms with E-state index < -0.39 is 17.5 Å². The van der Waals surface area contributed by atoms with Gasteiger partial charge in [0.2, 0.25) is 0 Å². The number of carboxylic acid groups (broad SMARTS) is 1. The summed E-state index contributed by atoms with van der Waals surface area (Å²) in [4.78, 5) is 10.9. The molecule has 0 aliphatic carbocycles. The molecule has 0 aliphatic rings. The molecule has 0 saturated carbocycles. The fraction of sp³-hybridized carbons (Fsp3) is 0.0714. The first-order chi connectivity index (χ1) is 9.47. The number of hydrogen-bond acceptors (Lipinski definition) is 3. The summed E-state index contributed by atoms with van der Waals surface area (Å²) in [5, 5.41) is 21.1. The van der Waals surface area contributed by atoms with Crippen LogP contribution in [-0.2, 0) is 6.54 Å². The zero-order valence-electron chi connectivity index (χ0n) is 10.2. The van der Waals surface area contributed by atoms with Crippen molar-refractivity contribution < 1.29 is 19.4 Å². The normalized spacial score (nSPS) is 10.3. The van der Waals surface area contributed by atoms with Crippen molar-refractivity contribution in [3.05, 3.63) is 58.4 Å². The summed E-state index contributed by atoms with van der Waals surface area (Å²) in [6, 6.07) is 8.55. The number of phenolic OH excluding ortho intramolecular Hbond substituents is 1. The Morgan fingerprint density at radius 2 is 2.00 bits per heavy atom. The molecule has 3 N–H and O–H groups in total. The third-order valence-electron chi connectivity index (χ3n) is 2.71. The maximum atomic E-state index is 13.2. The van der Waals surface area contributed by atoms with Gasteiger partial charge in [0.05, 0.1) is 10.6 Å². The Kier molecular flexibility index (Phi) is 4.10. The number of benzene rings is 2. The molecule has 0 saturated heterocycles. The molecule has 0 radical (unpaired) electrons. The molecular weight excluding hydrogens is 285 g/mol. The van der Waals surface area contributed by atoms with Gasteiger partial charge < -0.3 is 15.5 Å². The molecule has 0 fully saturated rings. The lowest BCUT2D eigenvalue weighted by Crippen LogP contribution is -2.03. The minimum atomic E-state index is -1.12. The molecule has 0 bridgehead atoms. The van der Waals surface area contributed by atoms with Crippen LogP contribution >= 0.6 is 11.6 Å². The van der Waals surface area contributed by atoms with E-state index in [2.05, 4.69) is 5.32 Å². The molecule has 0 aliphatic heterocycles. The summed E-state index contributed by atoms with van der Waals surface area (Å²) in [7, 11) is 0. The molecule has 0 spiro atoms. The van der Waals surface area contributed by atoms with E-state index in [1.165, 1.54) is 24.3 Å². The standard InChI is InChI=1S/C14H11ClFNO3/c15-11-3-2-9(6-10(11)14(19)20)17-7-8-1-4-13(18)12(16)5-8/h1-6,17-18H,7H2,(H,19,20). The van der Waals surface area contributed by atoms with Crippen LogP contribution in [0.3, 0.4) is 0 Å². The van der Waals surface area contributed by atoms with Crippen molar-refractivity contribution >= 4 is 23.3 Å². The molecule has 2 aromatic rings. The molecule has 0 heterocycles. The number of carboxylic acids is 1. The van der Waals surface area contributed by atoms with Crippen molar-refractivity contribution in [2.75, 3.05) is 5.32 Å². The Morgan fingerprint density at radius 1 is 1.25 bits per heavy atom. The Bertz CT molecular complexity index is 661. The molecule has 4 nitrogen and oxygen atoms in total. The first-order valence-electron chi connectivity index (χ1n) is 5.71. The maximum Gasteiger partial charge on any atom is 0.337 e. The third kappa shape index (κ3) is 3.19. The van der Waals surface area contributed by atoms with Crippen molar-refractivity contribution in [2.24, 2.45) is 0 Å². The average Bonchev–Trinajstić information content (AvgIpc) is 2.41. The fourth-order valence-electron chi connectivity index (χ4n) is 1.66. The Hall–Kier alpha value is -2.27. The lowest BCUT2D eigenvalue weighted by Gasteiger charge is -2.08. The van der Waals surface area contributed by atoms with Gasteiger partial charge in [0.15, 0.2) is 11.6 Å². The summed E-state index contributed by atoms with van der Waals surface area (Å²) in [5.74, 6) is -2.23. The minimum absolute atomic E-state index is 0.00597. The number of hydrogen-bond donors (Lipinski definition) is 3. The van der Waals surface area contributed by atoms with E-state index in [1.807, 2.05) is 0 Å². The van der Waals surface area contributed by atoms with Crippen molar-refractivity contribution in [1.82, 2.24) is 0 Å². The Balaban J connectivity index is 2.12. The fourth-order valence-corrected chi connectivity index (χ4v) is 1.86. The number of nitrogens with one attached hydrogen (secondary N) is 1. The van der Waals surface area contributed by atoms with E-state index in [0.717, 1.165) is 0 Å². The van der Waals surface area contributed by atoms with Crippen LogP contribution < -0.4 is 5.32 Å². The predicted octanol–water partition coefficient (Wildman–Crippen LogP) is 3.50. The van der Waals surface area contributed by atoms with Crippen LogP contribution in [0.2, 0.25) is 5.02 Å². The molecule has 0 atom stereocenters. The average molecular weight is 296 g/mol. The minimum Gasteiger partial charge on any atom is -0.505 e. The Morgan fingerprint density at radius 3 is 2.65 bits per heavy atom. The van der Waals surface area contributed by atoms with Gasteiger partial charge in [0.1, 0.15) is 0 Å². The van der Waals surface area contributed by atoms with Crippen molar-refractivity contribution in [1.29, 1.82) is 0 Å². The number of carbonyl (C=O) groups is 1. The van der Waals surface area contributed by atoms with E-state index in [-0.39, 0.29) is 17.1 Å². The molecule has 2 rings (SSSR count). The highest BCUT2D eigenvalue weighted by Crippen LogP contribution is 2.22. The summed E-state index contributed by atoms with van der Waals surface area (Å²) in [5.41, 5.74) is 1.17. The highest BCUT2D eigenvalue weighted by Gasteiger charge is 2.09. The molecule has 20 heavy (non-hydrogen) atoms. The van der Waals surface area contributed by atoms with E-state index in [4.69, 9.17) is 21.8 Å². The van der Waals surface area contributed by atoms with Crippen LogP contribution in [-0.4, -0.2) is 16.2 Å². The maximum absolute atomic E-state index is 13.2. The van der Waals surface area contributed by atoms with E-state index in [1.54, 1.807) is 12.1 Å². The van der Waals surface area contributed by atoms with Gasteiger partial charge in [-0.1, -0.05) is 17.7 Å². The Labute approximate surface area is 119 Å². The second-order valence-electron chi connectivity index (χ2n) is 4.14. The van der Waals surface area contributed by atoms with Gasteiger partial charge in [-0.15, -0.1) is 0 Å². The van der Waals surface area contributed by atoms with Crippen LogP contribution in [0, 0.1) is 5.82 Å². The molecule has 0 amide bonds. The predicted molar refractivity (Wildman–Crippen MR) is 73.8 cm³/mol. The lowest BCUT2D eigenvalue weighted by atomic mass is 10.1. The van der Waals surface area contributed by atoms with Gasteiger partial charge >= 0.3 is 5.97 Å². The number of aromatic hydroxyl groups is 1. The first kappa shape index (κ1) is 14.1. The quantitative estimate of drug-likeness (QED) is 0.807. The molecule has 0 unspecified atom stereocenters. The zero-order chi connectivity index (χ0) is 14.7. The van der Waals surface area contributed by atoms with E-state index >= 15 is 0 Å². The lowest BCUT2D eigenvalue weighted by molar-refractivity contribution is 0.0697. The number of phenols is 1. The smallest absolute Gasteiger partial charge is 0.337 e. The monoisotopic (exact) mass is 295 g/mol. The van der Waals surface area contributed by atoms with Crippen LogP contribution in [0.4, 0.5) is 10.1 Å². The van der Waals surface area contributed by atoms with Crippen LogP contribution in [0.15, 0.2) is 36.4 Å². The van der Waals surface area contributed by atoms with Gasteiger partial charge in [-0.05, 0) is 35.9 Å². The second kappa shape index (κ2) is 5.79.